The zero-order valence-corrected chi connectivity index (χ0v) is 11.9. The highest BCUT2D eigenvalue weighted by Gasteiger charge is 2.26. The summed E-state index contributed by atoms with van der Waals surface area (Å²) in [5, 5.41) is 6.05. The zero-order chi connectivity index (χ0) is 14.7. The molecule has 1 aromatic rings. The first kappa shape index (κ1) is 14.2. The Labute approximate surface area is 124 Å². The molecule has 2 aliphatic heterocycles. The lowest BCUT2D eigenvalue weighted by molar-refractivity contribution is -0.122. The second-order valence-corrected chi connectivity index (χ2v) is 5.51. The molecule has 1 amide bonds. The third-order valence-corrected chi connectivity index (χ3v) is 3.76. The van der Waals surface area contributed by atoms with Crippen LogP contribution in [0.1, 0.15) is 18.4 Å². The summed E-state index contributed by atoms with van der Waals surface area (Å²) in [5.41, 5.74) is 6.78. The lowest BCUT2D eigenvalue weighted by Gasteiger charge is -2.13. The van der Waals surface area contributed by atoms with Crippen molar-refractivity contribution in [3.05, 3.63) is 23.8 Å². The van der Waals surface area contributed by atoms with Crippen molar-refractivity contribution in [1.82, 2.24) is 10.6 Å². The molecule has 114 valence electrons. The topological polar surface area (TPSA) is 85.6 Å². The second kappa shape index (κ2) is 6.32. The zero-order valence-electron chi connectivity index (χ0n) is 11.9. The summed E-state index contributed by atoms with van der Waals surface area (Å²) >= 11 is 0. The predicted molar refractivity (Wildman–Crippen MR) is 78.3 cm³/mol. The van der Waals surface area contributed by atoms with Crippen molar-refractivity contribution >= 4 is 5.91 Å². The van der Waals surface area contributed by atoms with Crippen LogP contribution in [0.4, 0.5) is 0 Å². The van der Waals surface area contributed by atoms with E-state index in [9.17, 15) is 4.79 Å². The van der Waals surface area contributed by atoms with E-state index in [0.29, 0.717) is 32.7 Å². The van der Waals surface area contributed by atoms with Crippen LogP contribution in [0.25, 0.3) is 0 Å². The van der Waals surface area contributed by atoms with Crippen LogP contribution in [0.5, 0.6) is 11.5 Å². The Bertz CT molecular complexity index is 521. The number of carbonyl (C=O) groups is 1. The van der Waals surface area contributed by atoms with E-state index in [1.807, 2.05) is 18.2 Å². The first-order valence-corrected chi connectivity index (χ1v) is 7.37. The summed E-state index contributed by atoms with van der Waals surface area (Å²) in [6, 6.07) is 5.65. The minimum Gasteiger partial charge on any atom is -0.490 e. The number of ether oxygens (including phenoxy) is 2. The number of carbonyl (C=O) groups excluding carboxylic acids is 1. The smallest absolute Gasteiger partial charge is 0.237 e. The van der Waals surface area contributed by atoms with Gasteiger partial charge in [0.1, 0.15) is 0 Å². The van der Waals surface area contributed by atoms with Crippen LogP contribution in [0.2, 0.25) is 0 Å². The predicted octanol–water partition coefficient (Wildman–Crippen LogP) is 0.153. The average Bonchev–Trinajstić information content (AvgIpc) is 2.79. The maximum absolute atomic E-state index is 12.0. The number of amides is 1. The van der Waals surface area contributed by atoms with Gasteiger partial charge in [0.2, 0.25) is 5.91 Å². The number of fused-ring (bicyclic) bond motifs is 1. The van der Waals surface area contributed by atoms with Crippen LogP contribution >= 0.6 is 0 Å². The highest BCUT2D eigenvalue weighted by atomic mass is 16.5. The molecule has 0 aromatic heterocycles. The van der Waals surface area contributed by atoms with Crippen LogP contribution in [0.3, 0.4) is 0 Å². The van der Waals surface area contributed by atoms with E-state index in [1.54, 1.807) is 0 Å². The minimum atomic E-state index is -0.180. The van der Waals surface area contributed by atoms with Crippen LogP contribution < -0.4 is 25.8 Å². The van der Waals surface area contributed by atoms with Gasteiger partial charge in [0.05, 0.1) is 19.3 Å². The number of nitrogens with two attached hydrogens (primary N) is 1. The van der Waals surface area contributed by atoms with Crippen LogP contribution in [0, 0.1) is 0 Å². The Balaban J connectivity index is 1.58. The normalized spacial score (nSPS) is 24.4. The fourth-order valence-corrected chi connectivity index (χ4v) is 2.59. The van der Waals surface area contributed by atoms with Gasteiger partial charge in [-0.15, -0.1) is 0 Å². The number of hydrogen-bond donors (Lipinski definition) is 3. The Morgan fingerprint density at radius 2 is 2.14 bits per heavy atom. The summed E-state index contributed by atoms with van der Waals surface area (Å²) in [7, 11) is 0. The van der Waals surface area contributed by atoms with Gasteiger partial charge in [0.25, 0.3) is 0 Å². The van der Waals surface area contributed by atoms with E-state index in [0.717, 1.165) is 23.5 Å². The fourth-order valence-electron chi connectivity index (χ4n) is 2.59. The summed E-state index contributed by atoms with van der Waals surface area (Å²) in [6.07, 6.45) is 1.57. The molecule has 4 N–H and O–H groups in total. The molecule has 0 bridgehead atoms. The van der Waals surface area contributed by atoms with Crippen molar-refractivity contribution < 1.29 is 14.3 Å². The maximum Gasteiger partial charge on any atom is 0.237 e. The van der Waals surface area contributed by atoms with Crippen LogP contribution in [0.15, 0.2) is 18.2 Å². The fraction of sp³-hybridized carbons (Fsp3) is 0.533. The van der Waals surface area contributed by atoms with Gasteiger partial charge in [-0.3, -0.25) is 4.79 Å². The molecule has 0 saturated carbocycles. The van der Waals surface area contributed by atoms with Crippen molar-refractivity contribution in [2.45, 2.75) is 31.5 Å². The molecule has 21 heavy (non-hydrogen) atoms. The van der Waals surface area contributed by atoms with E-state index in [-0.39, 0.29) is 18.0 Å². The van der Waals surface area contributed by atoms with Crippen molar-refractivity contribution in [3.8, 4) is 11.5 Å². The molecule has 2 aliphatic rings. The van der Waals surface area contributed by atoms with Gasteiger partial charge in [0, 0.05) is 25.6 Å². The lowest BCUT2D eigenvalue weighted by atomic mass is 10.1. The summed E-state index contributed by atoms with van der Waals surface area (Å²) in [5.74, 6) is 1.52. The molecular weight excluding hydrogens is 270 g/mol. The van der Waals surface area contributed by atoms with Crippen molar-refractivity contribution in [2.24, 2.45) is 5.73 Å². The van der Waals surface area contributed by atoms with E-state index in [2.05, 4.69) is 10.6 Å². The SMILES string of the molecule is N[C@H]1CN[C@H](C(=O)NCc2ccc3c(c2)OCCCO3)C1. The van der Waals surface area contributed by atoms with Gasteiger partial charge in [0.15, 0.2) is 11.5 Å². The summed E-state index contributed by atoms with van der Waals surface area (Å²) in [4.78, 5) is 12.0. The quantitative estimate of drug-likeness (QED) is 0.738. The molecule has 1 fully saturated rings. The second-order valence-electron chi connectivity index (χ2n) is 5.51. The summed E-state index contributed by atoms with van der Waals surface area (Å²) in [6.45, 7) is 2.51. The molecule has 0 radical (unpaired) electrons. The van der Waals surface area contributed by atoms with Gasteiger partial charge in [-0.05, 0) is 24.1 Å². The molecule has 2 atom stereocenters. The molecule has 6 heteroatoms. The Morgan fingerprint density at radius 1 is 1.33 bits per heavy atom. The number of hydrogen-bond acceptors (Lipinski definition) is 5. The monoisotopic (exact) mass is 291 g/mol. The first-order valence-electron chi connectivity index (χ1n) is 7.37. The highest BCUT2D eigenvalue weighted by Crippen LogP contribution is 2.30. The van der Waals surface area contributed by atoms with Crippen LogP contribution in [-0.2, 0) is 11.3 Å². The third kappa shape index (κ3) is 3.46. The van der Waals surface area contributed by atoms with Gasteiger partial charge in [-0.2, -0.15) is 0 Å². The number of benzene rings is 1. The first-order chi connectivity index (χ1) is 10.2. The molecule has 0 aliphatic carbocycles. The van der Waals surface area contributed by atoms with Gasteiger partial charge in [-0.25, -0.2) is 0 Å². The van der Waals surface area contributed by atoms with E-state index >= 15 is 0 Å². The molecule has 3 rings (SSSR count). The number of nitrogens with one attached hydrogen (secondary N) is 2. The van der Waals surface area contributed by atoms with E-state index in [4.69, 9.17) is 15.2 Å². The Morgan fingerprint density at radius 3 is 2.90 bits per heavy atom. The standard InChI is InChI=1S/C15H21N3O3/c16-11-7-12(17-9-11)15(19)18-8-10-2-3-13-14(6-10)21-5-1-4-20-13/h2-3,6,11-12,17H,1,4-5,7-9,16H2,(H,18,19)/t11-,12+/m1/s1. The molecule has 1 aromatic carbocycles. The molecule has 0 spiro atoms. The molecule has 6 nitrogen and oxygen atoms in total. The lowest BCUT2D eigenvalue weighted by Crippen LogP contribution is -2.40. The Hall–Kier alpha value is -1.79. The Kier molecular flexibility index (Phi) is 4.26. The molecule has 2 heterocycles. The van der Waals surface area contributed by atoms with E-state index < -0.39 is 0 Å². The third-order valence-electron chi connectivity index (χ3n) is 3.76. The molecule has 1 saturated heterocycles. The minimum absolute atomic E-state index is 0.00457. The highest BCUT2D eigenvalue weighted by molar-refractivity contribution is 5.82. The van der Waals surface area contributed by atoms with Gasteiger partial charge >= 0.3 is 0 Å². The molecule has 0 unspecified atom stereocenters. The maximum atomic E-state index is 12.0. The van der Waals surface area contributed by atoms with Crippen molar-refractivity contribution in [3.63, 3.8) is 0 Å². The van der Waals surface area contributed by atoms with Gasteiger partial charge in [-0.1, -0.05) is 6.07 Å². The van der Waals surface area contributed by atoms with Crippen LogP contribution in [-0.4, -0.2) is 37.7 Å². The van der Waals surface area contributed by atoms with Crippen molar-refractivity contribution in [2.75, 3.05) is 19.8 Å². The largest absolute Gasteiger partial charge is 0.490 e. The van der Waals surface area contributed by atoms with Gasteiger partial charge < -0.3 is 25.8 Å². The number of rotatable bonds is 3. The molecular formula is C15H21N3O3. The van der Waals surface area contributed by atoms with Crippen molar-refractivity contribution in [1.29, 1.82) is 0 Å². The average molecular weight is 291 g/mol. The summed E-state index contributed by atoms with van der Waals surface area (Å²) < 4.78 is 11.2. The van der Waals surface area contributed by atoms with E-state index in [1.165, 1.54) is 0 Å².